The number of carboxylic acid groups (broad SMARTS) is 2. The van der Waals surface area contributed by atoms with E-state index >= 15 is 0 Å². The first-order valence-corrected chi connectivity index (χ1v) is 5.22. The van der Waals surface area contributed by atoms with Crippen molar-refractivity contribution < 1.29 is 15.0 Å². The molecular formula is C13H14N2O3. The van der Waals surface area contributed by atoms with Crippen LogP contribution in [-0.4, -0.2) is 16.4 Å². The molecular weight excluding hydrogens is 232 g/mol. The third-order valence-electron chi connectivity index (χ3n) is 1.90. The third-order valence-corrected chi connectivity index (χ3v) is 1.90. The Hall–Kier alpha value is -2.69. The molecule has 0 amide bonds. The second kappa shape index (κ2) is 7.56. The molecule has 0 saturated heterocycles. The summed E-state index contributed by atoms with van der Waals surface area (Å²) in [6.07, 6.45) is -1.83. The lowest BCUT2D eigenvalue weighted by Crippen LogP contribution is -2.07. The summed E-state index contributed by atoms with van der Waals surface area (Å²) in [5, 5.41) is 13.9. The number of para-hydroxylation sites is 2. The van der Waals surface area contributed by atoms with Gasteiger partial charge in [0.15, 0.2) is 0 Å². The standard InChI is InChI=1S/C12H12N2.CH2O3/c1-3-7-11(8-4-1)13-14-12-9-5-2-6-10-12;2-1(3)4/h1-10,13-14H;(H2,2,3,4). The van der Waals surface area contributed by atoms with Crippen LogP contribution in [0.15, 0.2) is 60.7 Å². The summed E-state index contributed by atoms with van der Waals surface area (Å²) in [6.45, 7) is 0. The Morgan fingerprint density at radius 2 is 1.00 bits per heavy atom. The highest BCUT2D eigenvalue weighted by Crippen LogP contribution is 2.08. The molecule has 0 heterocycles. The van der Waals surface area contributed by atoms with Gasteiger partial charge in [-0.3, -0.25) is 0 Å². The molecule has 0 atom stereocenters. The lowest BCUT2D eigenvalue weighted by Gasteiger charge is -2.08. The van der Waals surface area contributed by atoms with Crippen molar-refractivity contribution in [2.24, 2.45) is 0 Å². The highest BCUT2D eigenvalue weighted by molar-refractivity contribution is 5.53. The fraction of sp³-hybridized carbons (Fsp3) is 0. The van der Waals surface area contributed by atoms with E-state index in [0.29, 0.717) is 0 Å². The van der Waals surface area contributed by atoms with Gasteiger partial charge >= 0.3 is 6.16 Å². The highest BCUT2D eigenvalue weighted by atomic mass is 16.6. The molecule has 0 saturated carbocycles. The van der Waals surface area contributed by atoms with E-state index < -0.39 is 6.16 Å². The number of hydrogen-bond donors (Lipinski definition) is 4. The minimum Gasteiger partial charge on any atom is -0.450 e. The average molecular weight is 246 g/mol. The number of hydrazine groups is 1. The average Bonchev–Trinajstić information content (AvgIpc) is 2.38. The van der Waals surface area contributed by atoms with Crippen LogP contribution in [0.3, 0.4) is 0 Å². The molecule has 2 aromatic carbocycles. The van der Waals surface area contributed by atoms with Crippen LogP contribution in [0.1, 0.15) is 0 Å². The lowest BCUT2D eigenvalue weighted by molar-refractivity contribution is 0.137. The molecule has 0 spiro atoms. The first-order chi connectivity index (χ1) is 8.68. The Labute approximate surface area is 105 Å². The Morgan fingerprint density at radius 1 is 0.722 bits per heavy atom. The zero-order valence-electron chi connectivity index (χ0n) is 9.58. The monoisotopic (exact) mass is 246 g/mol. The van der Waals surface area contributed by atoms with E-state index in [9.17, 15) is 0 Å². The quantitative estimate of drug-likeness (QED) is 0.624. The maximum Gasteiger partial charge on any atom is 0.503 e. The summed E-state index contributed by atoms with van der Waals surface area (Å²) in [6, 6.07) is 20.0. The van der Waals surface area contributed by atoms with Gasteiger partial charge in [0.2, 0.25) is 0 Å². The zero-order chi connectivity index (χ0) is 13.2. The highest BCUT2D eigenvalue weighted by Gasteiger charge is 1.88. The summed E-state index contributed by atoms with van der Waals surface area (Å²) in [5.74, 6) is 0. The fourth-order valence-electron chi connectivity index (χ4n) is 1.19. The van der Waals surface area contributed by atoms with Crippen molar-refractivity contribution >= 4 is 17.5 Å². The van der Waals surface area contributed by atoms with Gasteiger partial charge in [0.05, 0.1) is 11.4 Å². The van der Waals surface area contributed by atoms with Gasteiger partial charge in [-0.15, -0.1) is 0 Å². The molecule has 94 valence electrons. The van der Waals surface area contributed by atoms with Gasteiger partial charge in [-0.1, -0.05) is 36.4 Å². The second-order valence-corrected chi connectivity index (χ2v) is 3.26. The van der Waals surface area contributed by atoms with Crippen LogP contribution in [0, 0.1) is 0 Å². The predicted molar refractivity (Wildman–Crippen MR) is 70.8 cm³/mol. The Balaban J connectivity index is 0.000000357. The van der Waals surface area contributed by atoms with Crippen molar-refractivity contribution in [3.63, 3.8) is 0 Å². The van der Waals surface area contributed by atoms with E-state index in [4.69, 9.17) is 15.0 Å². The smallest absolute Gasteiger partial charge is 0.450 e. The van der Waals surface area contributed by atoms with E-state index in [1.54, 1.807) is 0 Å². The van der Waals surface area contributed by atoms with Crippen LogP contribution in [0.4, 0.5) is 16.2 Å². The van der Waals surface area contributed by atoms with Crippen LogP contribution in [0.25, 0.3) is 0 Å². The molecule has 0 fully saturated rings. The van der Waals surface area contributed by atoms with Gasteiger partial charge < -0.3 is 21.1 Å². The molecule has 0 aliphatic rings. The van der Waals surface area contributed by atoms with Crippen LogP contribution in [-0.2, 0) is 0 Å². The second-order valence-electron chi connectivity index (χ2n) is 3.26. The molecule has 0 bridgehead atoms. The molecule has 2 rings (SSSR count). The molecule has 4 N–H and O–H groups in total. The molecule has 0 aliphatic heterocycles. The number of hydrogen-bond acceptors (Lipinski definition) is 3. The molecule has 5 nitrogen and oxygen atoms in total. The zero-order valence-corrected chi connectivity index (χ0v) is 9.58. The van der Waals surface area contributed by atoms with Crippen LogP contribution in [0.2, 0.25) is 0 Å². The normalized spacial score (nSPS) is 8.67. The van der Waals surface area contributed by atoms with Gasteiger partial charge in [-0.25, -0.2) is 4.79 Å². The van der Waals surface area contributed by atoms with E-state index in [1.165, 1.54) is 0 Å². The number of benzene rings is 2. The first-order valence-electron chi connectivity index (χ1n) is 5.22. The summed E-state index contributed by atoms with van der Waals surface area (Å²) in [5.41, 5.74) is 8.33. The topological polar surface area (TPSA) is 81.6 Å². The predicted octanol–water partition coefficient (Wildman–Crippen LogP) is 3.35. The number of anilines is 2. The molecule has 0 aromatic heterocycles. The molecule has 0 unspecified atom stereocenters. The van der Waals surface area contributed by atoms with Crippen molar-refractivity contribution in [3.8, 4) is 0 Å². The van der Waals surface area contributed by atoms with Gasteiger partial charge in [-0.05, 0) is 24.3 Å². The molecule has 0 aliphatic carbocycles. The van der Waals surface area contributed by atoms with Crippen molar-refractivity contribution in [1.82, 2.24) is 0 Å². The van der Waals surface area contributed by atoms with Gasteiger partial charge in [0, 0.05) is 0 Å². The van der Waals surface area contributed by atoms with Gasteiger partial charge in [0.25, 0.3) is 0 Å². The summed E-state index contributed by atoms with van der Waals surface area (Å²) in [7, 11) is 0. The maximum absolute atomic E-state index is 8.56. The summed E-state index contributed by atoms with van der Waals surface area (Å²) >= 11 is 0. The van der Waals surface area contributed by atoms with Crippen molar-refractivity contribution in [3.05, 3.63) is 60.7 Å². The van der Waals surface area contributed by atoms with E-state index in [2.05, 4.69) is 10.9 Å². The van der Waals surface area contributed by atoms with Crippen molar-refractivity contribution in [1.29, 1.82) is 0 Å². The van der Waals surface area contributed by atoms with Crippen molar-refractivity contribution in [2.75, 3.05) is 10.9 Å². The fourth-order valence-corrected chi connectivity index (χ4v) is 1.19. The third kappa shape index (κ3) is 6.02. The van der Waals surface area contributed by atoms with Crippen LogP contribution in [0.5, 0.6) is 0 Å². The van der Waals surface area contributed by atoms with Gasteiger partial charge in [-0.2, -0.15) is 0 Å². The molecule has 5 heteroatoms. The van der Waals surface area contributed by atoms with E-state index in [0.717, 1.165) is 11.4 Å². The SMILES string of the molecule is O=C(O)O.c1ccc(NNc2ccccc2)cc1. The van der Waals surface area contributed by atoms with Crippen molar-refractivity contribution in [2.45, 2.75) is 0 Å². The molecule has 2 aromatic rings. The number of carbonyl (C=O) groups is 1. The number of nitrogens with one attached hydrogen (secondary N) is 2. The minimum atomic E-state index is -1.83. The Kier molecular flexibility index (Phi) is 5.62. The van der Waals surface area contributed by atoms with Crippen LogP contribution >= 0.6 is 0 Å². The lowest BCUT2D eigenvalue weighted by atomic mass is 10.3. The van der Waals surface area contributed by atoms with E-state index in [-0.39, 0.29) is 0 Å². The van der Waals surface area contributed by atoms with Gasteiger partial charge in [0.1, 0.15) is 0 Å². The Bertz CT molecular complexity index is 417. The summed E-state index contributed by atoms with van der Waals surface area (Å²) in [4.78, 5) is 8.56. The largest absolute Gasteiger partial charge is 0.503 e. The number of rotatable bonds is 3. The molecule has 0 radical (unpaired) electrons. The minimum absolute atomic E-state index is 1.05. The first kappa shape index (κ1) is 13.4. The maximum atomic E-state index is 8.56. The van der Waals surface area contributed by atoms with E-state index in [1.807, 2.05) is 60.7 Å². The summed E-state index contributed by atoms with van der Waals surface area (Å²) < 4.78 is 0. The Morgan fingerprint density at radius 3 is 1.28 bits per heavy atom. The van der Waals surface area contributed by atoms with Crippen LogP contribution < -0.4 is 10.9 Å². The molecule has 18 heavy (non-hydrogen) atoms.